The molecular weight excluding hydrogens is 504 g/mol. The quantitative estimate of drug-likeness (QED) is 0.156. The highest BCUT2D eigenvalue weighted by atomic mass is 14.2. The smallest absolute Gasteiger partial charge is 0.00137 e. The molecule has 8 aromatic rings. The van der Waals surface area contributed by atoms with E-state index in [1.807, 2.05) is 0 Å². The molecule has 0 nitrogen and oxygen atoms in total. The van der Waals surface area contributed by atoms with Gasteiger partial charge < -0.3 is 0 Å². The maximum Gasteiger partial charge on any atom is -0.00137 e. The van der Waals surface area contributed by atoms with Crippen LogP contribution in [0, 0.1) is 0 Å². The number of rotatable bonds is 4. The van der Waals surface area contributed by atoms with Gasteiger partial charge in [0.2, 0.25) is 0 Å². The summed E-state index contributed by atoms with van der Waals surface area (Å²) < 4.78 is 0. The molecule has 0 N–H and O–H groups in total. The van der Waals surface area contributed by atoms with Crippen molar-refractivity contribution in [3.8, 4) is 0 Å². The van der Waals surface area contributed by atoms with Crippen LogP contribution >= 0.6 is 0 Å². The van der Waals surface area contributed by atoms with Gasteiger partial charge in [0.05, 0.1) is 0 Å². The summed E-state index contributed by atoms with van der Waals surface area (Å²) in [7, 11) is 0. The van der Waals surface area contributed by atoms with Crippen LogP contribution in [-0.4, -0.2) is 0 Å². The van der Waals surface area contributed by atoms with Crippen LogP contribution in [0.1, 0.15) is 22.3 Å². The molecule has 42 heavy (non-hydrogen) atoms. The van der Waals surface area contributed by atoms with Crippen molar-refractivity contribution in [3.63, 3.8) is 0 Å². The Morgan fingerprint density at radius 3 is 1.00 bits per heavy atom. The minimum atomic E-state index is 1.20. The van der Waals surface area contributed by atoms with E-state index in [-0.39, 0.29) is 0 Å². The monoisotopic (exact) mass is 532 g/mol. The molecule has 0 aliphatic rings. The van der Waals surface area contributed by atoms with Gasteiger partial charge in [0.15, 0.2) is 0 Å². The summed E-state index contributed by atoms with van der Waals surface area (Å²) in [4.78, 5) is 0. The average molecular weight is 533 g/mol. The van der Waals surface area contributed by atoms with Gasteiger partial charge in [0.1, 0.15) is 0 Å². The molecular formula is C42H28. The largest absolute Gasteiger partial charge is 0.0622 e. The molecule has 0 atom stereocenters. The summed E-state index contributed by atoms with van der Waals surface area (Å²) in [6.07, 6.45) is 8.85. The maximum absolute atomic E-state index is 2.38. The van der Waals surface area contributed by atoms with Crippen LogP contribution in [0.3, 0.4) is 0 Å². The van der Waals surface area contributed by atoms with E-state index in [1.54, 1.807) is 0 Å². The van der Waals surface area contributed by atoms with Crippen LogP contribution in [0.5, 0.6) is 0 Å². The second kappa shape index (κ2) is 10.2. The number of hydrogen-bond donors (Lipinski definition) is 0. The van der Waals surface area contributed by atoms with E-state index in [0.29, 0.717) is 0 Å². The van der Waals surface area contributed by atoms with Gasteiger partial charge in [-0.2, -0.15) is 0 Å². The van der Waals surface area contributed by atoms with Crippen LogP contribution in [0.2, 0.25) is 0 Å². The third kappa shape index (κ3) is 4.17. The van der Waals surface area contributed by atoms with Crippen molar-refractivity contribution in [3.05, 3.63) is 168 Å². The molecule has 8 aromatic carbocycles. The molecule has 0 unspecified atom stereocenters. The lowest BCUT2D eigenvalue weighted by molar-refractivity contribution is 1.66. The molecule has 0 heteroatoms. The Hall–Kier alpha value is -5.46. The number of fused-ring (bicyclic) bond motifs is 11. The van der Waals surface area contributed by atoms with Gasteiger partial charge in [0, 0.05) is 0 Å². The average Bonchev–Trinajstić information content (AvgIpc) is 3.07. The third-order valence-electron chi connectivity index (χ3n) is 8.38. The Labute approximate surface area is 245 Å². The van der Waals surface area contributed by atoms with Crippen LogP contribution in [0.15, 0.2) is 146 Å². The van der Waals surface area contributed by atoms with Gasteiger partial charge in [-0.15, -0.1) is 0 Å². The standard InChI is InChI=1S/C42H28/c1-3-11-29(12-4-1)19-21-31-23-25-35-33-15-7-10-18-38(33)42-40-28-32(22-20-30-13-5-2-6-14-30)24-26-36(40)34-16-8-9-17-37(34)41(42)39(35)27-31/h1-28H. The lowest BCUT2D eigenvalue weighted by Crippen LogP contribution is -1.89. The summed E-state index contributed by atoms with van der Waals surface area (Å²) >= 11 is 0. The Balaban J connectivity index is 1.47. The van der Waals surface area contributed by atoms with E-state index in [0.717, 1.165) is 0 Å². The maximum atomic E-state index is 2.38. The lowest BCUT2D eigenvalue weighted by Gasteiger charge is -2.17. The topological polar surface area (TPSA) is 0 Å². The second-order valence-corrected chi connectivity index (χ2v) is 10.9. The molecule has 0 aliphatic heterocycles. The number of benzene rings is 8. The summed E-state index contributed by atoms with van der Waals surface area (Å²) in [5.41, 5.74) is 4.81. The van der Waals surface area contributed by atoms with Crippen molar-refractivity contribution in [1.29, 1.82) is 0 Å². The molecule has 0 bridgehead atoms. The van der Waals surface area contributed by atoms with E-state index in [4.69, 9.17) is 0 Å². The van der Waals surface area contributed by atoms with Gasteiger partial charge in [-0.1, -0.05) is 158 Å². The minimum Gasteiger partial charge on any atom is -0.0622 e. The fraction of sp³-hybridized carbons (Fsp3) is 0. The van der Waals surface area contributed by atoms with E-state index >= 15 is 0 Å². The van der Waals surface area contributed by atoms with Gasteiger partial charge in [-0.05, 0) is 88.2 Å². The zero-order valence-electron chi connectivity index (χ0n) is 23.2. The molecule has 0 fully saturated rings. The molecule has 0 spiro atoms. The predicted octanol–water partition coefficient (Wildman–Crippen LogP) is 11.8. The SMILES string of the molecule is C(=Cc1ccc2c3ccccc3c3c4cc(C=Cc5ccccc5)ccc4c4ccccc4c3c2c1)c1ccccc1. The Bertz CT molecular complexity index is 2150. The van der Waals surface area contributed by atoms with Crippen molar-refractivity contribution in [1.82, 2.24) is 0 Å². The van der Waals surface area contributed by atoms with Gasteiger partial charge >= 0.3 is 0 Å². The fourth-order valence-corrected chi connectivity index (χ4v) is 6.43. The molecule has 8 rings (SSSR count). The number of hydrogen-bond acceptors (Lipinski definition) is 0. The van der Waals surface area contributed by atoms with Gasteiger partial charge in [-0.3, -0.25) is 0 Å². The zero-order chi connectivity index (χ0) is 27.9. The molecule has 0 heterocycles. The second-order valence-electron chi connectivity index (χ2n) is 10.9. The summed E-state index contributed by atoms with van der Waals surface area (Å²) in [5, 5.41) is 13.0. The molecule has 0 saturated carbocycles. The first-order valence-corrected chi connectivity index (χ1v) is 14.5. The van der Waals surface area contributed by atoms with Crippen molar-refractivity contribution in [2.45, 2.75) is 0 Å². The van der Waals surface area contributed by atoms with E-state index in [9.17, 15) is 0 Å². The highest BCUT2D eigenvalue weighted by Gasteiger charge is 2.16. The van der Waals surface area contributed by atoms with Gasteiger partial charge in [-0.25, -0.2) is 0 Å². The minimum absolute atomic E-state index is 1.20. The van der Waals surface area contributed by atoms with Crippen LogP contribution in [-0.2, 0) is 0 Å². The fourth-order valence-electron chi connectivity index (χ4n) is 6.43. The van der Waals surface area contributed by atoms with E-state index in [2.05, 4.69) is 170 Å². The molecule has 0 amide bonds. The molecule has 0 radical (unpaired) electrons. The van der Waals surface area contributed by atoms with Crippen molar-refractivity contribution < 1.29 is 0 Å². The van der Waals surface area contributed by atoms with Crippen molar-refractivity contribution in [2.75, 3.05) is 0 Å². The normalized spacial score (nSPS) is 12.1. The zero-order valence-corrected chi connectivity index (χ0v) is 23.2. The van der Waals surface area contributed by atoms with E-state index in [1.165, 1.54) is 76.1 Å². The first-order chi connectivity index (χ1) is 20.8. The van der Waals surface area contributed by atoms with Crippen LogP contribution < -0.4 is 0 Å². The van der Waals surface area contributed by atoms with Crippen molar-refractivity contribution in [2.24, 2.45) is 0 Å². The summed E-state index contributed by atoms with van der Waals surface area (Å²) in [6, 6.07) is 52.7. The molecule has 0 aliphatic carbocycles. The van der Waals surface area contributed by atoms with Gasteiger partial charge in [0.25, 0.3) is 0 Å². The van der Waals surface area contributed by atoms with Crippen LogP contribution in [0.25, 0.3) is 78.2 Å². The molecule has 196 valence electrons. The third-order valence-corrected chi connectivity index (χ3v) is 8.38. The lowest BCUT2D eigenvalue weighted by atomic mass is 9.86. The Kier molecular flexibility index (Phi) is 5.90. The summed E-state index contributed by atoms with van der Waals surface area (Å²) in [6.45, 7) is 0. The Morgan fingerprint density at radius 1 is 0.238 bits per heavy atom. The molecule has 0 saturated heterocycles. The first kappa shape index (κ1) is 24.3. The Morgan fingerprint density at radius 2 is 0.571 bits per heavy atom. The highest BCUT2D eigenvalue weighted by molar-refractivity contribution is 6.39. The predicted molar refractivity (Wildman–Crippen MR) is 185 cm³/mol. The van der Waals surface area contributed by atoms with Crippen LogP contribution in [0.4, 0.5) is 0 Å². The first-order valence-electron chi connectivity index (χ1n) is 14.5. The highest BCUT2D eigenvalue weighted by Crippen LogP contribution is 2.44. The molecule has 0 aromatic heterocycles. The van der Waals surface area contributed by atoms with Crippen molar-refractivity contribution >= 4 is 78.2 Å². The summed E-state index contributed by atoms with van der Waals surface area (Å²) in [5.74, 6) is 0. The van der Waals surface area contributed by atoms with E-state index < -0.39 is 0 Å².